The zero-order valence-corrected chi connectivity index (χ0v) is 15.8. The standard InChI is InChI=1S/C22H26N2O4/c25-21(23-15-19-12-7-13-27-19)20(14-17-8-3-1-4-9-17)24-22(26)28-16-18-10-5-2-6-11-18/h1-6,8-11,19-20H,7,12-16H2,(H,23,25)(H,24,26)/t19-,20-/m0/s1. The van der Waals surface area contributed by atoms with Crippen LogP contribution in [0.5, 0.6) is 0 Å². The topological polar surface area (TPSA) is 76.7 Å². The first-order valence-corrected chi connectivity index (χ1v) is 9.61. The predicted octanol–water partition coefficient (Wildman–Crippen LogP) is 2.82. The van der Waals surface area contributed by atoms with Gasteiger partial charge in [-0.2, -0.15) is 0 Å². The average molecular weight is 382 g/mol. The van der Waals surface area contributed by atoms with Gasteiger partial charge in [0.25, 0.3) is 0 Å². The Balaban J connectivity index is 1.56. The number of carbonyl (C=O) groups is 2. The molecule has 2 N–H and O–H groups in total. The van der Waals surface area contributed by atoms with Crippen molar-refractivity contribution in [2.75, 3.05) is 13.2 Å². The van der Waals surface area contributed by atoms with Gasteiger partial charge in [-0.25, -0.2) is 4.79 Å². The SMILES string of the molecule is O=C(N[C@@H](Cc1ccccc1)C(=O)NC[C@@H]1CCCO1)OCc1ccccc1. The van der Waals surface area contributed by atoms with Crippen molar-refractivity contribution in [1.29, 1.82) is 0 Å². The third-order valence-corrected chi connectivity index (χ3v) is 4.63. The number of nitrogens with one attached hydrogen (secondary N) is 2. The van der Waals surface area contributed by atoms with Crippen LogP contribution in [0.4, 0.5) is 4.79 Å². The molecule has 0 spiro atoms. The molecule has 2 aromatic carbocycles. The Morgan fingerprint density at radius 3 is 2.36 bits per heavy atom. The van der Waals surface area contributed by atoms with Crippen molar-refractivity contribution in [2.45, 2.75) is 38.0 Å². The third kappa shape index (κ3) is 6.39. The molecule has 2 amide bonds. The van der Waals surface area contributed by atoms with Crippen LogP contribution in [-0.4, -0.2) is 37.3 Å². The van der Waals surface area contributed by atoms with E-state index in [4.69, 9.17) is 9.47 Å². The highest BCUT2D eigenvalue weighted by Crippen LogP contribution is 2.11. The van der Waals surface area contributed by atoms with E-state index in [0.29, 0.717) is 13.0 Å². The van der Waals surface area contributed by atoms with Crippen LogP contribution >= 0.6 is 0 Å². The smallest absolute Gasteiger partial charge is 0.408 e. The molecule has 6 heteroatoms. The molecule has 1 heterocycles. The summed E-state index contributed by atoms with van der Waals surface area (Å²) in [6, 6.07) is 18.3. The molecule has 0 saturated carbocycles. The first-order valence-electron chi connectivity index (χ1n) is 9.61. The van der Waals surface area contributed by atoms with Gasteiger partial charge >= 0.3 is 6.09 Å². The molecule has 3 rings (SSSR count). The van der Waals surface area contributed by atoms with E-state index in [9.17, 15) is 9.59 Å². The fourth-order valence-electron chi connectivity index (χ4n) is 3.11. The van der Waals surface area contributed by atoms with Gasteiger partial charge in [-0.05, 0) is 24.0 Å². The first kappa shape index (κ1) is 19.9. The van der Waals surface area contributed by atoms with Gasteiger partial charge in [-0.15, -0.1) is 0 Å². The maximum absolute atomic E-state index is 12.7. The number of amides is 2. The zero-order valence-electron chi connectivity index (χ0n) is 15.8. The molecule has 148 valence electrons. The van der Waals surface area contributed by atoms with E-state index in [1.807, 2.05) is 60.7 Å². The van der Waals surface area contributed by atoms with Crippen molar-refractivity contribution in [2.24, 2.45) is 0 Å². The summed E-state index contributed by atoms with van der Waals surface area (Å²) in [6.07, 6.45) is 1.77. The summed E-state index contributed by atoms with van der Waals surface area (Å²) in [4.78, 5) is 24.9. The van der Waals surface area contributed by atoms with Gasteiger partial charge in [-0.3, -0.25) is 4.79 Å². The van der Waals surface area contributed by atoms with Crippen molar-refractivity contribution in [3.8, 4) is 0 Å². The van der Waals surface area contributed by atoms with E-state index in [1.54, 1.807) is 0 Å². The van der Waals surface area contributed by atoms with Gasteiger partial charge in [0.05, 0.1) is 6.10 Å². The summed E-state index contributed by atoms with van der Waals surface area (Å²) in [5.74, 6) is -0.240. The minimum absolute atomic E-state index is 0.0476. The molecule has 0 radical (unpaired) electrons. The molecule has 1 aliphatic heterocycles. The average Bonchev–Trinajstić information content (AvgIpc) is 3.25. The summed E-state index contributed by atoms with van der Waals surface area (Å²) in [5.41, 5.74) is 1.85. The monoisotopic (exact) mass is 382 g/mol. The molecule has 2 aromatic rings. The van der Waals surface area contributed by atoms with E-state index < -0.39 is 12.1 Å². The summed E-state index contributed by atoms with van der Waals surface area (Å²) in [7, 11) is 0. The molecule has 0 bridgehead atoms. The van der Waals surface area contributed by atoms with Gasteiger partial charge in [0, 0.05) is 19.6 Å². The zero-order chi connectivity index (χ0) is 19.6. The molecule has 6 nitrogen and oxygen atoms in total. The van der Waals surface area contributed by atoms with Crippen molar-refractivity contribution in [1.82, 2.24) is 10.6 Å². The normalized spacial score (nSPS) is 16.9. The highest BCUT2D eigenvalue weighted by molar-refractivity contribution is 5.85. The Labute approximate surface area is 165 Å². The molecule has 0 aromatic heterocycles. The third-order valence-electron chi connectivity index (χ3n) is 4.63. The predicted molar refractivity (Wildman–Crippen MR) is 106 cm³/mol. The largest absolute Gasteiger partial charge is 0.445 e. The molecule has 28 heavy (non-hydrogen) atoms. The number of carbonyl (C=O) groups excluding carboxylic acids is 2. The number of ether oxygens (including phenoxy) is 2. The van der Waals surface area contributed by atoms with Crippen LogP contribution in [0.2, 0.25) is 0 Å². The van der Waals surface area contributed by atoms with E-state index >= 15 is 0 Å². The number of rotatable bonds is 8. The Kier molecular flexibility index (Phi) is 7.44. The maximum Gasteiger partial charge on any atom is 0.408 e. The highest BCUT2D eigenvalue weighted by Gasteiger charge is 2.24. The van der Waals surface area contributed by atoms with E-state index in [0.717, 1.165) is 30.6 Å². The minimum atomic E-state index is -0.716. The Morgan fingerprint density at radius 2 is 1.71 bits per heavy atom. The molecule has 1 saturated heterocycles. The molecule has 0 aliphatic carbocycles. The summed E-state index contributed by atoms with van der Waals surface area (Å²) in [6.45, 7) is 1.34. The first-order chi connectivity index (χ1) is 13.7. The number of alkyl carbamates (subject to hydrolysis) is 1. The van der Waals surface area contributed by atoms with Crippen LogP contribution in [0.25, 0.3) is 0 Å². The van der Waals surface area contributed by atoms with Crippen LogP contribution in [0.15, 0.2) is 60.7 Å². The number of benzene rings is 2. The van der Waals surface area contributed by atoms with Crippen molar-refractivity contribution in [3.05, 3.63) is 71.8 Å². The lowest BCUT2D eigenvalue weighted by Crippen LogP contribution is -2.49. The number of hydrogen-bond acceptors (Lipinski definition) is 4. The summed E-state index contributed by atoms with van der Waals surface area (Å²) < 4.78 is 10.8. The molecule has 1 fully saturated rings. The van der Waals surface area contributed by atoms with E-state index in [1.165, 1.54) is 0 Å². The lowest BCUT2D eigenvalue weighted by Gasteiger charge is -2.20. The highest BCUT2D eigenvalue weighted by atomic mass is 16.5. The van der Waals surface area contributed by atoms with Crippen LogP contribution in [0.1, 0.15) is 24.0 Å². The minimum Gasteiger partial charge on any atom is -0.445 e. The van der Waals surface area contributed by atoms with Crippen LogP contribution in [0.3, 0.4) is 0 Å². The van der Waals surface area contributed by atoms with Gasteiger partial charge in [-0.1, -0.05) is 60.7 Å². The van der Waals surface area contributed by atoms with Crippen LogP contribution < -0.4 is 10.6 Å². The van der Waals surface area contributed by atoms with Crippen LogP contribution in [0, 0.1) is 0 Å². The van der Waals surface area contributed by atoms with Gasteiger partial charge in [0.2, 0.25) is 5.91 Å². The van der Waals surface area contributed by atoms with E-state index in [2.05, 4.69) is 10.6 Å². The molecular weight excluding hydrogens is 356 g/mol. The second kappa shape index (κ2) is 10.5. The summed E-state index contributed by atoms with van der Waals surface area (Å²) in [5, 5.41) is 5.59. The fraction of sp³-hybridized carbons (Fsp3) is 0.364. The van der Waals surface area contributed by atoms with Gasteiger partial charge in [0.1, 0.15) is 12.6 Å². The summed E-state index contributed by atoms with van der Waals surface area (Å²) >= 11 is 0. The second-order valence-corrected chi connectivity index (χ2v) is 6.83. The van der Waals surface area contributed by atoms with Gasteiger partial charge in [0.15, 0.2) is 0 Å². The molecular formula is C22H26N2O4. The lowest BCUT2D eigenvalue weighted by atomic mass is 10.1. The Hall–Kier alpha value is -2.86. The second-order valence-electron chi connectivity index (χ2n) is 6.83. The van der Waals surface area contributed by atoms with E-state index in [-0.39, 0.29) is 18.6 Å². The van der Waals surface area contributed by atoms with Crippen LogP contribution in [-0.2, 0) is 27.3 Å². The van der Waals surface area contributed by atoms with Crippen molar-refractivity contribution < 1.29 is 19.1 Å². The molecule has 2 atom stereocenters. The van der Waals surface area contributed by atoms with Crippen molar-refractivity contribution in [3.63, 3.8) is 0 Å². The lowest BCUT2D eigenvalue weighted by molar-refractivity contribution is -0.123. The maximum atomic E-state index is 12.7. The molecule has 0 unspecified atom stereocenters. The fourth-order valence-corrected chi connectivity index (χ4v) is 3.11. The Bertz CT molecular complexity index is 746. The Morgan fingerprint density at radius 1 is 1.04 bits per heavy atom. The van der Waals surface area contributed by atoms with Gasteiger partial charge < -0.3 is 20.1 Å². The van der Waals surface area contributed by atoms with Crippen molar-refractivity contribution >= 4 is 12.0 Å². The molecule has 1 aliphatic rings. The quantitative estimate of drug-likeness (QED) is 0.736. The number of hydrogen-bond donors (Lipinski definition) is 2.